The quantitative estimate of drug-likeness (QED) is 0.490. The first-order chi connectivity index (χ1) is 7.82. The average Bonchev–Trinajstić information content (AvgIpc) is 2.16. The molecule has 0 saturated carbocycles. The number of hydrogen-bond donors (Lipinski definition) is 5. The molecule has 0 aromatic heterocycles. The van der Waals surface area contributed by atoms with Gasteiger partial charge in [-0.25, -0.2) is 4.79 Å². The zero-order chi connectivity index (χ0) is 13.4. The van der Waals surface area contributed by atoms with Crippen LogP contribution in [0.3, 0.4) is 0 Å². The maximum atomic E-state index is 10.2. The summed E-state index contributed by atoms with van der Waals surface area (Å²) in [5, 5.41) is 36.5. The van der Waals surface area contributed by atoms with Crippen molar-refractivity contribution < 1.29 is 25.2 Å². The van der Waals surface area contributed by atoms with E-state index in [0.29, 0.717) is 0 Å². The molecular formula is C11H17NO5. The SMILES string of the molecule is CC(O)NC(C)O.O=C(O)c1ccc(O)cc1. The fourth-order valence-corrected chi connectivity index (χ4v) is 0.953. The summed E-state index contributed by atoms with van der Waals surface area (Å²) < 4.78 is 0. The molecule has 0 aliphatic rings. The van der Waals surface area contributed by atoms with Crippen LogP contribution in [0, 0.1) is 0 Å². The Morgan fingerprint density at radius 3 is 1.76 bits per heavy atom. The molecule has 0 amide bonds. The Labute approximate surface area is 99.2 Å². The number of aliphatic hydroxyl groups is 2. The number of carboxylic acids is 1. The van der Waals surface area contributed by atoms with Crippen molar-refractivity contribution >= 4 is 5.97 Å². The highest BCUT2D eigenvalue weighted by Crippen LogP contribution is 2.08. The Morgan fingerprint density at radius 2 is 1.53 bits per heavy atom. The van der Waals surface area contributed by atoms with Crippen molar-refractivity contribution in [1.29, 1.82) is 0 Å². The highest BCUT2D eigenvalue weighted by molar-refractivity contribution is 5.87. The molecule has 0 fully saturated rings. The van der Waals surface area contributed by atoms with E-state index in [4.69, 9.17) is 20.4 Å². The summed E-state index contributed by atoms with van der Waals surface area (Å²) in [4.78, 5) is 10.2. The summed E-state index contributed by atoms with van der Waals surface area (Å²) >= 11 is 0. The van der Waals surface area contributed by atoms with Crippen molar-refractivity contribution in [1.82, 2.24) is 5.32 Å². The Hall–Kier alpha value is -1.63. The number of aromatic carboxylic acids is 1. The fourth-order valence-electron chi connectivity index (χ4n) is 0.953. The first-order valence-electron chi connectivity index (χ1n) is 4.97. The Kier molecular flexibility index (Phi) is 6.88. The van der Waals surface area contributed by atoms with Crippen molar-refractivity contribution in [3.63, 3.8) is 0 Å². The number of rotatable bonds is 3. The lowest BCUT2D eigenvalue weighted by atomic mass is 10.2. The normalized spacial score (nSPS) is 13.2. The van der Waals surface area contributed by atoms with E-state index in [1.807, 2.05) is 0 Å². The van der Waals surface area contributed by atoms with Gasteiger partial charge in [-0.3, -0.25) is 5.32 Å². The number of carbonyl (C=O) groups is 1. The second-order valence-electron chi connectivity index (χ2n) is 3.37. The van der Waals surface area contributed by atoms with Crippen LogP contribution in [0.1, 0.15) is 24.2 Å². The van der Waals surface area contributed by atoms with Crippen LogP contribution in [0.25, 0.3) is 0 Å². The van der Waals surface area contributed by atoms with E-state index < -0.39 is 18.4 Å². The van der Waals surface area contributed by atoms with Crippen LogP contribution < -0.4 is 5.32 Å². The number of phenols is 1. The Balaban J connectivity index is 0.000000325. The Morgan fingerprint density at radius 1 is 1.12 bits per heavy atom. The monoisotopic (exact) mass is 243 g/mol. The van der Waals surface area contributed by atoms with Crippen LogP contribution >= 0.6 is 0 Å². The lowest BCUT2D eigenvalue weighted by molar-refractivity contribution is 0.0631. The molecule has 5 N–H and O–H groups in total. The molecule has 0 bridgehead atoms. The van der Waals surface area contributed by atoms with Gasteiger partial charge < -0.3 is 20.4 Å². The first-order valence-corrected chi connectivity index (χ1v) is 4.97. The molecular weight excluding hydrogens is 226 g/mol. The molecule has 6 nitrogen and oxygen atoms in total. The van der Waals surface area contributed by atoms with Crippen molar-refractivity contribution in [2.45, 2.75) is 26.3 Å². The van der Waals surface area contributed by atoms with Crippen LogP contribution in [0.4, 0.5) is 0 Å². The number of hydrogen-bond acceptors (Lipinski definition) is 5. The molecule has 0 aliphatic heterocycles. The molecule has 0 aliphatic carbocycles. The van der Waals surface area contributed by atoms with E-state index in [2.05, 4.69) is 5.32 Å². The van der Waals surface area contributed by atoms with E-state index >= 15 is 0 Å². The molecule has 17 heavy (non-hydrogen) atoms. The molecule has 0 heterocycles. The first kappa shape index (κ1) is 15.4. The van der Waals surface area contributed by atoms with Crippen LogP contribution in [0.15, 0.2) is 24.3 Å². The molecule has 96 valence electrons. The van der Waals surface area contributed by atoms with Crippen LogP contribution in [0.5, 0.6) is 5.75 Å². The highest BCUT2D eigenvalue weighted by atomic mass is 16.4. The summed E-state index contributed by atoms with van der Waals surface area (Å²) in [5.74, 6) is -0.912. The predicted octanol–water partition coefficient (Wildman–Crippen LogP) is 0.343. The van der Waals surface area contributed by atoms with Gasteiger partial charge in [0, 0.05) is 0 Å². The molecule has 0 spiro atoms. The van der Waals surface area contributed by atoms with Gasteiger partial charge in [0.1, 0.15) is 18.2 Å². The van der Waals surface area contributed by atoms with Gasteiger partial charge in [-0.15, -0.1) is 0 Å². The van der Waals surface area contributed by atoms with E-state index in [9.17, 15) is 4.79 Å². The van der Waals surface area contributed by atoms with Gasteiger partial charge in [-0.1, -0.05) is 0 Å². The van der Waals surface area contributed by atoms with E-state index in [1.165, 1.54) is 24.3 Å². The predicted molar refractivity (Wildman–Crippen MR) is 61.6 cm³/mol. The number of phenolic OH excluding ortho intramolecular Hbond substituents is 1. The van der Waals surface area contributed by atoms with Crippen molar-refractivity contribution in [3.8, 4) is 5.75 Å². The maximum absolute atomic E-state index is 10.2. The van der Waals surface area contributed by atoms with Gasteiger partial charge in [0.25, 0.3) is 0 Å². The zero-order valence-corrected chi connectivity index (χ0v) is 9.66. The lowest BCUT2D eigenvalue weighted by Crippen LogP contribution is -2.33. The van der Waals surface area contributed by atoms with Gasteiger partial charge in [0.15, 0.2) is 0 Å². The fraction of sp³-hybridized carbons (Fsp3) is 0.364. The highest BCUT2D eigenvalue weighted by Gasteiger charge is 1.99. The van der Waals surface area contributed by atoms with Crippen LogP contribution in [0.2, 0.25) is 0 Å². The number of aliphatic hydroxyl groups excluding tert-OH is 2. The average molecular weight is 243 g/mol. The molecule has 0 saturated heterocycles. The van der Waals surface area contributed by atoms with Gasteiger partial charge in [0.05, 0.1) is 5.56 Å². The largest absolute Gasteiger partial charge is 0.508 e. The maximum Gasteiger partial charge on any atom is 0.335 e. The standard InChI is InChI=1S/C7H6O3.C4H11NO2/c8-6-3-1-5(2-4-6)7(9)10;1-3(6)5-4(2)7/h1-4,8H,(H,9,10);3-7H,1-2H3. The molecule has 1 rings (SSSR count). The van der Waals surface area contributed by atoms with Crippen molar-refractivity contribution in [3.05, 3.63) is 29.8 Å². The van der Waals surface area contributed by atoms with Gasteiger partial charge in [0.2, 0.25) is 0 Å². The van der Waals surface area contributed by atoms with Gasteiger partial charge in [-0.2, -0.15) is 0 Å². The van der Waals surface area contributed by atoms with Crippen molar-refractivity contribution in [2.75, 3.05) is 0 Å². The van der Waals surface area contributed by atoms with Gasteiger partial charge in [-0.05, 0) is 38.1 Å². The van der Waals surface area contributed by atoms with Crippen molar-refractivity contribution in [2.24, 2.45) is 0 Å². The number of nitrogens with one attached hydrogen (secondary N) is 1. The third-order valence-electron chi connectivity index (χ3n) is 1.60. The molecule has 1 aromatic rings. The minimum Gasteiger partial charge on any atom is -0.508 e. The summed E-state index contributed by atoms with van der Waals surface area (Å²) in [6.45, 7) is 3.10. The van der Waals surface area contributed by atoms with E-state index in [0.717, 1.165) is 0 Å². The smallest absolute Gasteiger partial charge is 0.335 e. The topological polar surface area (TPSA) is 110 Å². The minimum atomic E-state index is -0.986. The van der Waals surface area contributed by atoms with E-state index in [1.54, 1.807) is 13.8 Å². The van der Waals surface area contributed by atoms with Crippen LogP contribution in [-0.2, 0) is 0 Å². The van der Waals surface area contributed by atoms with Crippen LogP contribution in [-0.4, -0.2) is 38.9 Å². The summed E-state index contributed by atoms with van der Waals surface area (Å²) in [5.41, 5.74) is 0.179. The molecule has 1 aromatic carbocycles. The third kappa shape index (κ3) is 8.21. The molecule has 0 radical (unpaired) electrons. The van der Waals surface area contributed by atoms with Gasteiger partial charge >= 0.3 is 5.97 Å². The second kappa shape index (κ2) is 7.61. The number of aromatic hydroxyl groups is 1. The second-order valence-corrected chi connectivity index (χ2v) is 3.37. The third-order valence-corrected chi connectivity index (χ3v) is 1.60. The summed E-state index contributed by atoms with van der Waals surface area (Å²) in [6, 6.07) is 5.36. The summed E-state index contributed by atoms with van der Waals surface area (Å²) in [6.07, 6.45) is -1.25. The lowest BCUT2D eigenvalue weighted by Gasteiger charge is -2.08. The summed E-state index contributed by atoms with van der Waals surface area (Å²) in [7, 11) is 0. The number of carboxylic acid groups (broad SMARTS) is 1. The van der Waals surface area contributed by atoms with E-state index in [-0.39, 0.29) is 11.3 Å². The number of benzene rings is 1. The minimum absolute atomic E-state index is 0.0741. The molecule has 2 unspecified atom stereocenters. The molecule has 2 atom stereocenters. The zero-order valence-electron chi connectivity index (χ0n) is 9.66. The molecule has 6 heteroatoms. The Bertz CT molecular complexity index is 328.